The van der Waals surface area contributed by atoms with E-state index in [1.807, 2.05) is 0 Å². The van der Waals surface area contributed by atoms with Gasteiger partial charge in [0.2, 0.25) is 5.72 Å². The Kier molecular flexibility index (Phi) is 4.62. The van der Waals surface area contributed by atoms with Crippen LogP contribution >= 0.6 is 11.3 Å². The van der Waals surface area contributed by atoms with Crippen LogP contribution in [0.15, 0.2) is 10.5 Å². The number of nitrogens with zero attached hydrogens (tertiary/aromatic N) is 2. The van der Waals surface area contributed by atoms with Gasteiger partial charge in [-0.3, -0.25) is 9.59 Å². The number of thiazole rings is 1. The highest BCUT2D eigenvalue weighted by Crippen LogP contribution is 2.16. The second kappa shape index (κ2) is 6.28. The topological polar surface area (TPSA) is 128 Å². The molecule has 1 fully saturated rings. The average molecular weight is 327 g/mol. The molecule has 2 amide bonds. The van der Waals surface area contributed by atoms with Crippen LogP contribution in [0.5, 0.6) is 0 Å². The van der Waals surface area contributed by atoms with Crippen molar-refractivity contribution >= 4 is 34.0 Å². The number of carbonyl (C=O) groups excluding carboxylic acids is 2. The van der Waals surface area contributed by atoms with Crippen molar-refractivity contribution in [3.8, 4) is 0 Å². The molecule has 0 spiro atoms. The summed E-state index contributed by atoms with van der Waals surface area (Å²) in [6.07, 6.45) is -0.220. The van der Waals surface area contributed by atoms with Crippen molar-refractivity contribution in [3.05, 3.63) is 11.1 Å². The zero-order chi connectivity index (χ0) is 16.3. The Hall–Kier alpha value is -2.20. The Labute approximate surface area is 130 Å². The molecule has 120 valence electrons. The first-order chi connectivity index (χ1) is 10.4. The lowest BCUT2D eigenvalue weighted by Gasteiger charge is -2.39. The van der Waals surface area contributed by atoms with Crippen LogP contribution in [0, 0.1) is 0 Å². The van der Waals surface area contributed by atoms with E-state index < -0.39 is 17.5 Å². The second-order valence-electron chi connectivity index (χ2n) is 4.83. The molecule has 0 aliphatic carbocycles. The third-order valence-electron chi connectivity index (χ3n) is 2.86. The molecule has 4 N–H and O–H groups in total. The van der Waals surface area contributed by atoms with Crippen LogP contribution in [0.2, 0.25) is 0 Å². The molecule has 1 atom stereocenters. The summed E-state index contributed by atoms with van der Waals surface area (Å²) in [6.45, 7) is 3.71. The van der Waals surface area contributed by atoms with E-state index in [0.717, 1.165) is 0 Å². The van der Waals surface area contributed by atoms with Crippen molar-refractivity contribution in [2.75, 3.05) is 19.4 Å². The molecular weight excluding hydrogens is 310 g/mol. The van der Waals surface area contributed by atoms with E-state index in [2.05, 4.69) is 20.8 Å². The van der Waals surface area contributed by atoms with Crippen molar-refractivity contribution in [2.45, 2.75) is 25.7 Å². The minimum atomic E-state index is -1.39. The molecule has 1 aromatic heterocycles. The van der Waals surface area contributed by atoms with Gasteiger partial charge in [0.05, 0.1) is 6.54 Å². The first kappa shape index (κ1) is 16.2. The van der Waals surface area contributed by atoms with E-state index in [9.17, 15) is 9.59 Å². The first-order valence-electron chi connectivity index (χ1n) is 6.49. The van der Waals surface area contributed by atoms with Gasteiger partial charge in [0.25, 0.3) is 11.8 Å². The molecule has 1 aliphatic heterocycles. The number of methoxy groups -OCH3 is 1. The van der Waals surface area contributed by atoms with Gasteiger partial charge in [0.15, 0.2) is 10.8 Å². The highest BCUT2D eigenvalue weighted by atomic mass is 32.1. The summed E-state index contributed by atoms with van der Waals surface area (Å²) in [5, 5.41) is 10.7. The lowest BCUT2D eigenvalue weighted by molar-refractivity contribution is -0.165. The normalized spacial score (nSPS) is 21.3. The van der Waals surface area contributed by atoms with E-state index in [0.29, 0.717) is 5.13 Å². The molecule has 1 unspecified atom stereocenters. The molecular formula is C12H17N5O4S. The summed E-state index contributed by atoms with van der Waals surface area (Å²) < 4.78 is 5.09. The van der Waals surface area contributed by atoms with Crippen molar-refractivity contribution in [3.63, 3.8) is 0 Å². The van der Waals surface area contributed by atoms with Crippen LogP contribution < -0.4 is 16.4 Å². The molecule has 0 radical (unpaired) electrons. The van der Waals surface area contributed by atoms with Crippen molar-refractivity contribution < 1.29 is 19.2 Å². The first-order valence-corrected chi connectivity index (χ1v) is 7.37. The smallest absolute Gasteiger partial charge is 0.278 e. The minimum absolute atomic E-state index is 0.0715. The quantitative estimate of drug-likeness (QED) is 0.278. The van der Waals surface area contributed by atoms with Gasteiger partial charge in [-0.15, -0.1) is 11.3 Å². The summed E-state index contributed by atoms with van der Waals surface area (Å²) in [5.41, 5.74) is 4.38. The number of hydrogen-bond acceptors (Lipinski definition) is 8. The number of ether oxygens (including phenoxy) is 1. The van der Waals surface area contributed by atoms with Crippen LogP contribution in [0.25, 0.3) is 0 Å². The van der Waals surface area contributed by atoms with Crippen LogP contribution in [-0.4, -0.2) is 48.0 Å². The van der Waals surface area contributed by atoms with E-state index >= 15 is 0 Å². The fraction of sp³-hybridized carbons (Fsp3) is 0.500. The Morgan fingerprint density at radius 1 is 1.64 bits per heavy atom. The maximum absolute atomic E-state index is 12.4. The van der Waals surface area contributed by atoms with E-state index in [1.165, 1.54) is 18.4 Å². The lowest BCUT2D eigenvalue weighted by Crippen LogP contribution is -2.74. The molecule has 22 heavy (non-hydrogen) atoms. The zero-order valence-electron chi connectivity index (χ0n) is 12.4. The molecule has 0 bridgehead atoms. The van der Waals surface area contributed by atoms with Gasteiger partial charge in [0.1, 0.15) is 11.8 Å². The van der Waals surface area contributed by atoms with Crippen LogP contribution in [-0.2, 0) is 19.2 Å². The van der Waals surface area contributed by atoms with Crippen molar-refractivity contribution in [2.24, 2.45) is 5.16 Å². The monoisotopic (exact) mass is 327 g/mol. The third-order valence-corrected chi connectivity index (χ3v) is 3.54. The van der Waals surface area contributed by atoms with Crippen molar-refractivity contribution in [1.82, 2.24) is 15.6 Å². The van der Waals surface area contributed by atoms with Gasteiger partial charge in [-0.2, -0.15) is 0 Å². The molecule has 9 nitrogen and oxygen atoms in total. The number of nitrogens with two attached hydrogens (primary N) is 1. The maximum Gasteiger partial charge on any atom is 0.278 e. The summed E-state index contributed by atoms with van der Waals surface area (Å²) in [6, 6.07) is 0. The minimum Gasteiger partial charge on any atom is -0.392 e. The molecule has 1 aliphatic rings. The Morgan fingerprint density at radius 3 is 2.77 bits per heavy atom. The highest BCUT2D eigenvalue weighted by Gasteiger charge is 2.49. The number of nitrogen functional groups attached to an aromatic ring is 1. The molecule has 2 heterocycles. The van der Waals surface area contributed by atoms with Gasteiger partial charge in [0, 0.05) is 12.5 Å². The predicted octanol–water partition coefficient (Wildman–Crippen LogP) is -0.557. The number of nitrogens with one attached hydrogen (secondary N) is 2. The van der Waals surface area contributed by atoms with Gasteiger partial charge < -0.3 is 25.9 Å². The summed E-state index contributed by atoms with van der Waals surface area (Å²) in [7, 11) is 1.33. The highest BCUT2D eigenvalue weighted by molar-refractivity contribution is 7.13. The fourth-order valence-corrected chi connectivity index (χ4v) is 2.19. The standard InChI is InChI=1S/C12H17N5O4S/c1-6(2)21-17-8(7-4-22-11(13)15-7)9(18)16-12(20-3)5-14-10(12)19/h4,6H,5H2,1-3H3,(H2,13,15)(H,14,19)(H,16,18)/b17-8+. The van der Waals surface area contributed by atoms with Crippen molar-refractivity contribution in [1.29, 1.82) is 0 Å². The second-order valence-corrected chi connectivity index (χ2v) is 5.72. The largest absolute Gasteiger partial charge is 0.392 e. The number of hydrogen-bond donors (Lipinski definition) is 3. The number of amides is 2. The molecule has 1 saturated heterocycles. The Morgan fingerprint density at radius 2 is 2.36 bits per heavy atom. The van der Waals surface area contributed by atoms with Gasteiger partial charge in [-0.25, -0.2) is 4.98 Å². The molecule has 0 aromatic carbocycles. The SMILES string of the molecule is COC1(NC(=O)/C(=N/OC(C)C)c2csc(N)n2)CNC1=O. The fourth-order valence-electron chi connectivity index (χ4n) is 1.64. The number of aromatic nitrogens is 1. The molecule has 0 saturated carbocycles. The summed E-state index contributed by atoms with van der Waals surface area (Å²) in [4.78, 5) is 33.2. The van der Waals surface area contributed by atoms with Crippen LogP contribution in [0.3, 0.4) is 0 Å². The van der Waals surface area contributed by atoms with Gasteiger partial charge >= 0.3 is 0 Å². The van der Waals surface area contributed by atoms with Crippen LogP contribution in [0.4, 0.5) is 5.13 Å². The molecule has 10 heteroatoms. The summed E-state index contributed by atoms with van der Waals surface area (Å²) in [5.74, 6) is -1.06. The van der Waals surface area contributed by atoms with Gasteiger partial charge in [-0.1, -0.05) is 5.16 Å². The number of oxime groups is 1. The van der Waals surface area contributed by atoms with Crippen LogP contribution in [0.1, 0.15) is 19.5 Å². The number of carbonyl (C=O) groups is 2. The zero-order valence-corrected chi connectivity index (χ0v) is 13.2. The molecule has 2 rings (SSSR count). The average Bonchev–Trinajstić information content (AvgIpc) is 2.89. The van der Waals surface area contributed by atoms with E-state index in [4.69, 9.17) is 15.3 Å². The number of anilines is 1. The summed E-state index contributed by atoms with van der Waals surface area (Å²) >= 11 is 1.17. The maximum atomic E-state index is 12.4. The molecule has 1 aromatic rings. The van der Waals surface area contributed by atoms with Gasteiger partial charge in [-0.05, 0) is 13.8 Å². The predicted molar refractivity (Wildman–Crippen MR) is 80.2 cm³/mol. The Balaban J connectivity index is 2.23. The van der Waals surface area contributed by atoms with E-state index in [-0.39, 0.29) is 24.1 Å². The number of rotatable bonds is 6. The van der Waals surface area contributed by atoms with E-state index in [1.54, 1.807) is 19.2 Å². The third kappa shape index (κ3) is 3.17. The number of β-lactam (4-membered cyclic amide) rings is 1. The lowest BCUT2D eigenvalue weighted by atomic mass is 10.1. The Bertz CT molecular complexity index is 610.